The van der Waals surface area contributed by atoms with Crippen molar-refractivity contribution < 1.29 is 14.6 Å². The van der Waals surface area contributed by atoms with Gasteiger partial charge in [-0.1, -0.05) is 29.8 Å². The summed E-state index contributed by atoms with van der Waals surface area (Å²) in [5, 5.41) is 22.1. The van der Waals surface area contributed by atoms with Gasteiger partial charge >= 0.3 is 5.97 Å². The van der Waals surface area contributed by atoms with Crippen LogP contribution in [-0.2, 0) is 0 Å². The highest BCUT2D eigenvalue weighted by Gasteiger charge is 2.23. The molecule has 0 radical (unpaired) electrons. The summed E-state index contributed by atoms with van der Waals surface area (Å²) >= 11 is 6.36. The SMILES string of the molecule is N#Cc1ccc(-c2ccc3c(c2)OCCC3CNc2cnccc2C(=O)O)c(Cl)c1. The number of rotatable bonds is 5. The fourth-order valence-electron chi connectivity index (χ4n) is 3.62. The van der Waals surface area contributed by atoms with Gasteiger partial charge in [-0.2, -0.15) is 5.26 Å². The molecule has 2 aromatic carbocycles. The fraction of sp³-hybridized carbons (Fsp3) is 0.174. The molecule has 4 rings (SSSR count). The number of aromatic carboxylic acids is 1. The highest BCUT2D eigenvalue weighted by Crippen LogP contribution is 2.38. The van der Waals surface area contributed by atoms with Crippen LogP contribution in [0.25, 0.3) is 11.1 Å². The molecule has 0 bridgehead atoms. The number of carbonyl (C=O) groups is 1. The number of fused-ring (bicyclic) bond motifs is 1. The fourth-order valence-corrected chi connectivity index (χ4v) is 3.91. The second-order valence-corrected chi connectivity index (χ2v) is 7.41. The van der Waals surface area contributed by atoms with E-state index in [9.17, 15) is 9.90 Å². The van der Waals surface area contributed by atoms with Gasteiger partial charge in [0.05, 0.1) is 35.7 Å². The number of pyridine rings is 1. The number of carboxylic acids is 1. The third-order valence-corrected chi connectivity index (χ3v) is 5.49. The van der Waals surface area contributed by atoms with E-state index in [1.54, 1.807) is 12.1 Å². The normalized spacial score (nSPS) is 14.9. The Bertz CT molecular complexity index is 1160. The maximum absolute atomic E-state index is 11.4. The monoisotopic (exact) mass is 419 g/mol. The Balaban J connectivity index is 1.57. The van der Waals surface area contributed by atoms with E-state index in [-0.39, 0.29) is 11.5 Å². The molecule has 0 spiro atoms. The Morgan fingerprint density at radius 1 is 1.30 bits per heavy atom. The van der Waals surface area contributed by atoms with Crippen molar-refractivity contribution in [2.75, 3.05) is 18.5 Å². The van der Waals surface area contributed by atoms with Gasteiger partial charge in [0.25, 0.3) is 0 Å². The molecule has 1 atom stereocenters. The second kappa shape index (κ2) is 8.44. The van der Waals surface area contributed by atoms with Crippen LogP contribution in [0.4, 0.5) is 5.69 Å². The number of carboxylic acid groups (broad SMARTS) is 1. The van der Waals surface area contributed by atoms with E-state index in [0.29, 0.717) is 29.4 Å². The van der Waals surface area contributed by atoms with Crippen molar-refractivity contribution in [3.05, 3.63) is 76.6 Å². The summed E-state index contributed by atoms with van der Waals surface area (Å²) in [4.78, 5) is 15.4. The lowest BCUT2D eigenvalue weighted by Gasteiger charge is -2.27. The molecule has 0 amide bonds. The summed E-state index contributed by atoms with van der Waals surface area (Å²) in [5.74, 6) is -0.0343. The van der Waals surface area contributed by atoms with Gasteiger partial charge in [0.2, 0.25) is 0 Å². The number of halogens is 1. The number of aromatic nitrogens is 1. The Morgan fingerprint density at radius 2 is 2.17 bits per heavy atom. The molecule has 3 aromatic rings. The topological polar surface area (TPSA) is 95.2 Å². The quantitative estimate of drug-likeness (QED) is 0.607. The van der Waals surface area contributed by atoms with Crippen LogP contribution in [0.3, 0.4) is 0 Å². The van der Waals surface area contributed by atoms with E-state index in [1.165, 1.54) is 18.5 Å². The van der Waals surface area contributed by atoms with Crippen molar-refractivity contribution in [1.82, 2.24) is 4.98 Å². The molecule has 2 N–H and O–H groups in total. The van der Waals surface area contributed by atoms with Crippen molar-refractivity contribution in [3.8, 4) is 22.9 Å². The first-order valence-electron chi connectivity index (χ1n) is 9.44. The van der Waals surface area contributed by atoms with E-state index in [2.05, 4.69) is 16.4 Å². The first kappa shape index (κ1) is 19.7. The average molecular weight is 420 g/mol. The Labute approximate surface area is 178 Å². The van der Waals surface area contributed by atoms with E-state index in [0.717, 1.165) is 28.9 Å². The van der Waals surface area contributed by atoms with Crippen LogP contribution < -0.4 is 10.1 Å². The third-order valence-electron chi connectivity index (χ3n) is 5.18. The molecule has 0 saturated carbocycles. The maximum atomic E-state index is 11.4. The van der Waals surface area contributed by atoms with Gasteiger partial charge in [-0.15, -0.1) is 0 Å². The molecule has 7 heteroatoms. The summed E-state index contributed by atoms with van der Waals surface area (Å²) in [7, 11) is 0. The highest BCUT2D eigenvalue weighted by atomic mass is 35.5. The molecule has 0 aliphatic carbocycles. The molecular weight excluding hydrogens is 402 g/mol. The zero-order valence-electron chi connectivity index (χ0n) is 15.9. The van der Waals surface area contributed by atoms with Crippen molar-refractivity contribution in [2.45, 2.75) is 12.3 Å². The standard InChI is InChI=1S/C23H18ClN3O3/c24-20-9-14(11-25)1-3-17(20)15-2-4-18-16(6-8-30-22(18)10-15)12-27-21-13-26-7-5-19(21)23(28)29/h1-5,7,9-10,13,16,27H,6,8,12H2,(H,28,29). The highest BCUT2D eigenvalue weighted by molar-refractivity contribution is 6.33. The van der Waals surface area contributed by atoms with Crippen molar-refractivity contribution in [2.24, 2.45) is 0 Å². The summed E-state index contributed by atoms with van der Waals surface area (Å²) < 4.78 is 5.88. The van der Waals surface area contributed by atoms with Gasteiger partial charge in [-0.05, 0) is 41.8 Å². The van der Waals surface area contributed by atoms with Crippen molar-refractivity contribution in [3.63, 3.8) is 0 Å². The number of nitriles is 1. The van der Waals surface area contributed by atoms with E-state index in [4.69, 9.17) is 21.6 Å². The number of anilines is 1. The van der Waals surface area contributed by atoms with E-state index >= 15 is 0 Å². The van der Waals surface area contributed by atoms with Crippen LogP contribution >= 0.6 is 11.6 Å². The third kappa shape index (κ3) is 3.93. The lowest BCUT2D eigenvalue weighted by Crippen LogP contribution is -2.21. The first-order chi connectivity index (χ1) is 14.6. The summed E-state index contributed by atoms with van der Waals surface area (Å²) in [6, 6.07) is 14.8. The number of nitrogens with one attached hydrogen (secondary N) is 1. The number of nitrogens with zero attached hydrogens (tertiary/aromatic N) is 2. The minimum absolute atomic E-state index is 0.168. The minimum Gasteiger partial charge on any atom is -0.493 e. The zero-order chi connectivity index (χ0) is 21.1. The van der Waals surface area contributed by atoms with Gasteiger partial charge in [-0.25, -0.2) is 4.79 Å². The minimum atomic E-state index is -0.990. The maximum Gasteiger partial charge on any atom is 0.337 e. The smallest absolute Gasteiger partial charge is 0.337 e. The van der Waals surface area contributed by atoms with Crippen LogP contribution in [-0.4, -0.2) is 29.2 Å². The molecule has 30 heavy (non-hydrogen) atoms. The molecular formula is C23H18ClN3O3. The average Bonchev–Trinajstić information content (AvgIpc) is 2.77. The van der Waals surface area contributed by atoms with E-state index < -0.39 is 5.97 Å². The van der Waals surface area contributed by atoms with E-state index in [1.807, 2.05) is 24.3 Å². The summed E-state index contributed by atoms with van der Waals surface area (Å²) in [6.45, 7) is 1.14. The van der Waals surface area contributed by atoms with Crippen LogP contribution in [0, 0.1) is 11.3 Å². The molecule has 1 unspecified atom stereocenters. The summed E-state index contributed by atoms with van der Waals surface area (Å²) in [6.07, 6.45) is 3.81. The second-order valence-electron chi connectivity index (χ2n) is 7.00. The zero-order valence-corrected chi connectivity index (χ0v) is 16.7. The van der Waals surface area contributed by atoms with Crippen molar-refractivity contribution >= 4 is 23.3 Å². The van der Waals surface area contributed by atoms with Crippen molar-refractivity contribution in [1.29, 1.82) is 5.26 Å². The number of hydrogen-bond acceptors (Lipinski definition) is 5. The van der Waals surface area contributed by atoms with Crippen LogP contribution in [0.2, 0.25) is 5.02 Å². The summed E-state index contributed by atoms with van der Waals surface area (Å²) in [5.41, 5.74) is 4.02. The van der Waals surface area contributed by atoms with Gasteiger partial charge in [0.1, 0.15) is 5.75 Å². The molecule has 2 heterocycles. The number of hydrogen-bond donors (Lipinski definition) is 2. The number of ether oxygens (including phenoxy) is 1. The Kier molecular flexibility index (Phi) is 5.55. The Morgan fingerprint density at radius 3 is 2.93 bits per heavy atom. The molecule has 0 fully saturated rings. The first-order valence-corrected chi connectivity index (χ1v) is 9.82. The molecule has 1 aliphatic rings. The molecule has 6 nitrogen and oxygen atoms in total. The van der Waals surface area contributed by atoms with Crippen LogP contribution in [0.5, 0.6) is 5.75 Å². The molecule has 1 aromatic heterocycles. The van der Waals surface area contributed by atoms with Gasteiger partial charge < -0.3 is 15.2 Å². The van der Waals surface area contributed by atoms with Crippen LogP contribution in [0.1, 0.15) is 33.8 Å². The van der Waals surface area contributed by atoms with Gasteiger partial charge in [0, 0.05) is 29.2 Å². The lowest BCUT2D eigenvalue weighted by atomic mass is 9.90. The van der Waals surface area contributed by atoms with Crippen LogP contribution in [0.15, 0.2) is 54.9 Å². The van der Waals surface area contributed by atoms with Gasteiger partial charge in [0.15, 0.2) is 0 Å². The lowest BCUT2D eigenvalue weighted by molar-refractivity contribution is 0.0697. The molecule has 1 aliphatic heterocycles. The number of benzene rings is 2. The largest absolute Gasteiger partial charge is 0.493 e. The Hall–Kier alpha value is -3.56. The molecule has 150 valence electrons. The molecule has 0 saturated heterocycles. The predicted molar refractivity (Wildman–Crippen MR) is 114 cm³/mol. The van der Waals surface area contributed by atoms with Gasteiger partial charge in [-0.3, -0.25) is 4.98 Å². The predicted octanol–water partition coefficient (Wildman–Crippen LogP) is 4.95.